The van der Waals surface area contributed by atoms with Crippen LogP contribution in [0.2, 0.25) is 0 Å². The summed E-state index contributed by atoms with van der Waals surface area (Å²) >= 11 is 0. The van der Waals surface area contributed by atoms with E-state index in [0.717, 1.165) is 44.9 Å². The molecular weight excluding hydrogens is 891 g/mol. The van der Waals surface area contributed by atoms with Crippen molar-refractivity contribution in [2.24, 2.45) is 0 Å². The number of aliphatic hydroxyl groups is 10. The summed E-state index contributed by atoms with van der Waals surface area (Å²) in [6.45, 7) is 2.39. The van der Waals surface area contributed by atoms with Gasteiger partial charge in [0.2, 0.25) is 5.91 Å². The quantitative estimate of drug-likeness (QED) is 0.0308. The van der Waals surface area contributed by atoms with Crippen molar-refractivity contribution in [2.45, 2.75) is 312 Å². The SMILES string of the molecule is CCCCCCCCCCCCCCCCCCCCC(O)C(=O)NC(COC1OC(CO)C(O)C(OC2OC(C(O)CO)C(O)C2O)C1O)C(O)C(O)CCCCCCCCCCCCCCC. The van der Waals surface area contributed by atoms with Crippen molar-refractivity contribution < 1.29 is 74.8 Å². The van der Waals surface area contributed by atoms with E-state index in [0.29, 0.717) is 12.8 Å². The Hall–Kier alpha value is -1.09. The van der Waals surface area contributed by atoms with Gasteiger partial charge in [-0.05, 0) is 12.8 Å². The van der Waals surface area contributed by atoms with E-state index in [1.807, 2.05) is 0 Å². The van der Waals surface area contributed by atoms with Crippen LogP contribution in [0.25, 0.3) is 0 Å². The lowest BCUT2D eigenvalue weighted by molar-refractivity contribution is -0.332. The van der Waals surface area contributed by atoms with E-state index < -0.39 is 111 Å². The van der Waals surface area contributed by atoms with Crippen LogP contribution in [-0.2, 0) is 23.7 Å². The van der Waals surface area contributed by atoms with Gasteiger partial charge in [-0.3, -0.25) is 4.79 Å². The van der Waals surface area contributed by atoms with Crippen LogP contribution < -0.4 is 5.32 Å². The van der Waals surface area contributed by atoms with E-state index in [9.17, 15) is 55.9 Å². The second kappa shape index (κ2) is 40.3. The zero-order chi connectivity index (χ0) is 50.7. The van der Waals surface area contributed by atoms with E-state index in [4.69, 9.17) is 18.9 Å². The molecule has 16 heteroatoms. The van der Waals surface area contributed by atoms with Crippen LogP contribution in [0.4, 0.5) is 0 Å². The minimum Gasteiger partial charge on any atom is -0.394 e. The first-order valence-electron chi connectivity index (χ1n) is 28.0. The van der Waals surface area contributed by atoms with E-state index >= 15 is 0 Å². The Bertz CT molecular complexity index is 1210. The zero-order valence-electron chi connectivity index (χ0n) is 43.1. The molecule has 2 rings (SSSR count). The van der Waals surface area contributed by atoms with Gasteiger partial charge in [0.25, 0.3) is 0 Å². The number of carbonyl (C=O) groups is 1. The molecule has 1 amide bonds. The largest absolute Gasteiger partial charge is 0.394 e. The normalized spacial score (nSPS) is 26.2. The fraction of sp³-hybridized carbons (Fsp3) is 0.981. The number of nitrogens with one attached hydrogen (secondary N) is 1. The number of carbonyl (C=O) groups excluding carboxylic acids is 1. The maximum absolute atomic E-state index is 13.4. The Morgan fingerprint density at radius 1 is 0.522 bits per heavy atom. The lowest BCUT2D eigenvalue weighted by atomic mass is 9.98. The number of ether oxygens (including phenoxy) is 4. The summed E-state index contributed by atoms with van der Waals surface area (Å²) in [6.07, 6.45) is 16.9. The van der Waals surface area contributed by atoms with E-state index in [-0.39, 0.29) is 12.8 Å². The van der Waals surface area contributed by atoms with Crippen LogP contribution in [-0.4, -0.2) is 163 Å². The monoisotopic (exact) mass is 994 g/mol. The van der Waals surface area contributed by atoms with Crippen molar-refractivity contribution in [1.29, 1.82) is 0 Å². The maximum Gasteiger partial charge on any atom is 0.249 e. The van der Waals surface area contributed by atoms with Crippen molar-refractivity contribution in [2.75, 3.05) is 19.8 Å². The van der Waals surface area contributed by atoms with Crippen molar-refractivity contribution in [3.05, 3.63) is 0 Å². The Balaban J connectivity index is 1.88. The molecule has 69 heavy (non-hydrogen) atoms. The summed E-state index contributed by atoms with van der Waals surface area (Å²) in [4.78, 5) is 13.4. The van der Waals surface area contributed by atoms with Gasteiger partial charge in [-0.25, -0.2) is 0 Å². The van der Waals surface area contributed by atoms with Crippen LogP contribution in [0.15, 0.2) is 0 Å². The predicted molar refractivity (Wildman–Crippen MR) is 266 cm³/mol. The van der Waals surface area contributed by atoms with Gasteiger partial charge in [0.15, 0.2) is 12.6 Å². The second-order valence-electron chi connectivity index (χ2n) is 20.4. The number of hydrogen-bond acceptors (Lipinski definition) is 15. The highest BCUT2D eigenvalue weighted by atomic mass is 16.7. The molecule has 2 heterocycles. The fourth-order valence-electron chi connectivity index (χ4n) is 9.60. The highest BCUT2D eigenvalue weighted by molar-refractivity contribution is 5.80. The lowest BCUT2D eigenvalue weighted by Crippen LogP contribution is -2.62. The summed E-state index contributed by atoms with van der Waals surface area (Å²) < 4.78 is 22.6. The molecule has 2 aliphatic rings. The highest BCUT2D eigenvalue weighted by Crippen LogP contribution is 2.31. The molecule has 0 aromatic heterocycles. The predicted octanol–water partition coefficient (Wildman–Crippen LogP) is 6.11. The number of hydrogen-bond donors (Lipinski definition) is 11. The average Bonchev–Trinajstić information content (AvgIpc) is 3.63. The summed E-state index contributed by atoms with van der Waals surface area (Å²) in [5.74, 6) is -0.761. The van der Waals surface area contributed by atoms with Gasteiger partial charge in [0, 0.05) is 0 Å². The zero-order valence-corrected chi connectivity index (χ0v) is 43.1. The lowest BCUT2D eigenvalue weighted by Gasteiger charge is -2.43. The van der Waals surface area contributed by atoms with Crippen LogP contribution in [0, 0.1) is 0 Å². The van der Waals surface area contributed by atoms with Crippen molar-refractivity contribution in [1.82, 2.24) is 5.32 Å². The van der Waals surface area contributed by atoms with Crippen molar-refractivity contribution in [3.63, 3.8) is 0 Å². The average molecular weight is 994 g/mol. The van der Waals surface area contributed by atoms with Gasteiger partial charge in [0.1, 0.15) is 61.0 Å². The fourth-order valence-corrected chi connectivity index (χ4v) is 9.60. The minimum absolute atomic E-state index is 0.204. The van der Waals surface area contributed by atoms with Gasteiger partial charge in [-0.15, -0.1) is 0 Å². The molecule has 2 fully saturated rings. The van der Waals surface area contributed by atoms with Crippen LogP contribution in [0.1, 0.15) is 226 Å². The molecule has 0 aliphatic carbocycles. The Labute approximate surface area is 416 Å². The van der Waals surface area contributed by atoms with Gasteiger partial charge in [-0.2, -0.15) is 0 Å². The van der Waals surface area contributed by atoms with E-state index in [2.05, 4.69) is 19.2 Å². The topological polar surface area (TPSA) is 268 Å². The van der Waals surface area contributed by atoms with Crippen molar-refractivity contribution >= 4 is 5.91 Å². The molecule has 11 N–H and O–H groups in total. The molecule has 410 valence electrons. The highest BCUT2D eigenvalue weighted by Gasteiger charge is 2.52. The molecular formula is C53H103NO15. The van der Waals surface area contributed by atoms with Crippen LogP contribution in [0.3, 0.4) is 0 Å². The van der Waals surface area contributed by atoms with Crippen LogP contribution >= 0.6 is 0 Å². The minimum atomic E-state index is -1.82. The first kappa shape index (κ1) is 64.0. The van der Waals surface area contributed by atoms with Crippen LogP contribution in [0.5, 0.6) is 0 Å². The molecule has 0 aromatic carbocycles. The first-order chi connectivity index (χ1) is 33.4. The number of unbranched alkanes of at least 4 members (excludes halogenated alkanes) is 29. The van der Waals surface area contributed by atoms with E-state index in [1.54, 1.807) is 0 Å². The maximum atomic E-state index is 13.4. The molecule has 0 spiro atoms. The van der Waals surface area contributed by atoms with Gasteiger partial charge < -0.3 is 75.3 Å². The Morgan fingerprint density at radius 2 is 0.942 bits per heavy atom. The number of amides is 1. The molecule has 0 saturated carbocycles. The summed E-state index contributed by atoms with van der Waals surface area (Å²) in [6, 6.07) is -1.28. The Kier molecular flexibility index (Phi) is 37.4. The molecule has 0 aromatic rings. The third-order valence-electron chi connectivity index (χ3n) is 14.2. The summed E-state index contributed by atoms with van der Waals surface area (Å²) in [7, 11) is 0. The molecule has 0 bridgehead atoms. The standard InChI is InChI=1S/C53H103NO15/c1-3-5-7-9-11-13-15-17-18-19-20-21-23-25-27-29-31-33-35-41(58)51(65)54-39(44(60)40(57)34-32-30-28-26-24-22-16-14-12-10-8-6-4-2)38-66-52-48(64)50(45(61)43(37-56)67-52)69-53-47(63)46(62)49(68-53)42(59)36-55/h39-50,52-53,55-64H,3-38H2,1-2H3,(H,54,65). The first-order valence-corrected chi connectivity index (χ1v) is 28.0. The Morgan fingerprint density at radius 3 is 1.36 bits per heavy atom. The second-order valence-corrected chi connectivity index (χ2v) is 20.4. The van der Waals surface area contributed by atoms with Gasteiger partial charge >= 0.3 is 0 Å². The molecule has 14 atom stereocenters. The third-order valence-corrected chi connectivity index (χ3v) is 14.2. The smallest absolute Gasteiger partial charge is 0.249 e. The summed E-state index contributed by atoms with van der Waals surface area (Å²) in [5, 5.41) is 109. The number of aliphatic hydroxyl groups excluding tert-OH is 10. The molecule has 2 saturated heterocycles. The molecule has 0 radical (unpaired) electrons. The third kappa shape index (κ3) is 26.6. The van der Waals surface area contributed by atoms with Gasteiger partial charge in [0.05, 0.1) is 32.0 Å². The van der Waals surface area contributed by atoms with Crippen molar-refractivity contribution in [3.8, 4) is 0 Å². The number of rotatable bonds is 45. The molecule has 14 unspecified atom stereocenters. The van der Waals surface area contributed by atoms with E-state index in [1.165, 1.54) is 141 Å². The van der Waals surface area contributed by atoms with Gasteiger partial charge in [-0.1, -0.05) is 213 Å². The molecule has 16 nitrogen and oxygen atoms in total. The summed E-state index contributed by atoms with van der Waals surface area (Å²) in [5.41, 5.74) is 0. The molecule has 2 aliphatic heterocycles.